The standard InChI is InChI=1S/C12H25N3S/c1-14-4-6-15(7-5-14)10-12(13)11-2-8-16-9-3-11/h11-12H,2-10,13H2,1H3. The zero-order valence-electron chi connectivity index (χ0n) is 10.4. The van der Waals surface area contributed by atoms with E-state index in [2.05, 4.69) is 28.6 Å². The number of hydrogen-bond acceptors (Lipinski definition) is 4. The molecule has 0 radical (unpaired) electrons. The first kappa shape index (κ1) is 12.7. The smallest absolute Gasteiger partial charge is 0.0197 e. The van der Waals surface area contributed by atoms with Gasteiger partial charge in [-0.1, -0.05) is 0 Å². The van der Waals surface area contributed by atoms with E-state index in [0.29, 0.717) is 6.04 Å². The van der Waals surface area contributed by atoms with Crippen LogP contribution in [0, 0.1) is 5.92 Å². The molecule has 0 aromatic heterocycles. The summed E-state index contributed by atoms with van der Waals surface area (Å²) in [5.74, 6) is 3.42. The Kier molecular flexibility index (Phi) is 4.95. The molecule has 0 aliphatic carbocycles. The fourth-order valence-electron chi connectivity index (χ4n) is 2.62. The highest BCUT2D eigenvalue weighted by molar-refractivity contribution is 7.99. The van der Waals surface area contributed by atoms with Crippen molar-refractivity contribution in [2.45, 2.75) is 18.9 Å². The van der Waals surface area contributed by atoms with Gasteiger partial charge in [0.15, 0.2) is 0 Å². The number of likely N-dealkylation sites (N-methyl/N-ethyl adjacent to an activating group) is 1. The van der Waals surface area contributed by atoms with Crippen LogP contribution in [0.3, 0.4) is 0 Å². The predicted molar refractivity (Wildman–Crippen MR) is 72.0 cm³/mol. The molecular weight excluding hydrogens is 218 g/mol. The lowest BCUT2D eigenvalue weighted by atomic mass is 9.94. The molecule has 1 atom stereocenters. The molecule has 0 aromatic carbocycles. The summed E-state index contributed by atoms with van der Waals surface area (Å²) in [4.78, 5) is 4.95. The van der Waals surface area contributed by atoms with Gasteiger partial charge >= 0.3 is 0 Å². The second-order valence-electron chi connectivity index (χ2n) is 5.22. The molecule has 16 heavy (non-hydrogen) atoms. The molecule has 0 saturated carbocycles. The summed E-state index contributed by atoms with van der Waals surface area (Å²) in [7, 11) is 2.20. The Bertz CT molecular complexity index is 198. The third-order valence-corrected chi connectivity index (χ3v) is 4.99. The van der Waals surface area contributed by atoms with Crippen molar-refractivity contribution in [1.29, 1.82) is 0 Å². The minimum atomic E-state index is 0.407. The summed E-state index contributed by atoms with van der Waals surface area (Å²) in [6.45, 7) is 5.92. The van der Waals surface area contributed by atoms with Gasteiger partial charge < -0.3 is 10.6 Å². The molecule has 2 heterocycles. The molecule has 2 N–H and O–H groups in total. The monoisotopic (exact) mass is 243 g/mol. The molecule has 3 nitrogen and oxygen atoms in total. The van der Waals surface area contributed by atoms with Crippen LogP contribution in [0.1, 0.15) is 12.8 Å². The van der Waals surface area contributed by atoms with Crippen LogP contribution in [-0.4, -0.2) is 67.1 Å². The first-order chi connectivity index (χ1) is 7.75. The third kappa shape index (κ3) is 3.62. The van der Waals surface area contributed by atoms with E-state index in [0.717, 1.165) is 12.5 Å². The van der Waals surface area contributed by atoms with E-state index >= 15 is 0 Å². The minimum absolute atomic E-state index is 0.407. The van der Waals surface area contributed by atoms with E-state index in [-0.39, 0.29) is 0 Å². The maximum atomic E-state index is 6.35. The van der Waals surface area contributed by atoms with Crippen LogP contribution in [0.4, 0.5) is 0 Å². The topological polar surface area (TPSA) is 32.5 Å². The van der Waals surface area contributed by atoms with Crippen molar-refractivity contribution < 1.29 is 0 Å². The fraction of sp³-hybridized carbons (Fsp3) is 1.00. The molecule has 0 bridgehead atoms. The fourth-order valence-corrected chi connectivity index (χ4v) is 3.76. The van der Waals surface area contributed by atoms with E-state index < -0.39 is 0 Å². The summed E-state index contributed by atoms with van der Waals surface area (Å²) in [5, 5.41) is 0. The van der Waals surface area contributed by atoms with Gasteiger partial charge in [-0.15, -0.1) is 0 Å². The molecule has 0 spiro atoms. The summed E-state index contributed by atoms with van der Waals surface area (Å²) in [6, 6.07) is 0.407. The first-order valence-corrected chi connectivity index (χ1v) is 7.65. The molecule has 2 saturated heterocycles. The Hall–Kier alpha value is 0.230. The van der Waals surface area contributed by atoms with Crippen LogP contribution < -0.4 is 5.73 Å². The molecule has 0 amide bonds. The highest BCUT2D eigenvalue weighted by Gasteiger charge is 2.23. The molecule has 1 unspecified atom stereocenters. The predicted octanol–water partition coefficient (Wildman–Crippen LogP) is 0.704. The van der Waals surface area contributed by atoms with Gasteiger partial charge in [-0.25, -0.2) is 0 Å². The number of nitrogens with zero attached hydrogens (tertiary/aromatic N) is 2. The number of piperazine rings is 1. The van der Waals surface area contributed by atoms with Gasteiger partial charge in [-0.3, -0.25) is 4.90 Å². The van der Waals surface area contributed by atoms with Crippen LogP contribution in [0.25, 0.3) is 0 Å². The molecule has 2 aliphatic heterocycles. The lowest BCUT2D eigenvalue weighted by molar-refractivity contribution is 0.137. The zero-order chi connectivity index (χ0) is 11.4. The SMILES string of the molecule is CN1CCN(CC(N)C2CCSCC2)CC1. The largest absolute Gasteiger partial charge is 0.326 e. The molecule has 2 rings (SSSR count). The average molecular weight is 243 g/mol. The lowest BCUT2D eigenvalue weighted by Gasteiger charge is -2.36. The molecule has 0 aromatic rings. The van der Waals surface area contributed by atoms with Crippen LogP contribution in [-0.2, 0) is 0 Å². The van der Waals surface area contributed by atoms with E-state index in [4.69, 9.17) is 5.73 Å². The van der Waals surface area contributed by atoms with Gasteiger partial charge in [0.25, 0.3) is 0 Å². The summed E-state index contributed by atoms with van der Waals surface area (Å²) in [5.41, 5.74) is 6.35. The van der Waals surface area contributed by atoms with E-state index in [1.807, 2.05) is 0 Å². The molecule has 2 fully saturated rings. The van der Waals surface area contributed by atoms with Gasteiger partial charge in [-0.2, -0.15) is 11.8 Å². The zero-order valence-corrected chi connectivity index (χ0v) is 11.2. The van der Waals surface area contributed by atoms with E-state index in [1.165, 1.54) is 50.5 Å². The van der Waals surface area contributed by atoms with Crippen molar-refractivity contribution in [2.24, 2.45) is 11.7 Å². The Balaban J connectivity index is 1.71. The highest BCUT2D eigenvalue weighted by Crippen LogP contribution is 2.25. The van der Waals surface area contributed by atoms with Crippen molar-refractivity contribution in [3.8, 4) is 0 Å². The van der Waals surface area contributed by atoms with Gasteiger partial charge in [0.2, 0.25) is 0 Å². The number of nitrogens with two attached hydrogens (primary N) is 1. The second kappa shape index (κ2) is 6.24. The quantitative estimate of drug-likeness (QED) is 0.791. The second-order valence-corrected chi connectivity index (χ2v) is 6.44. The lowest BCUT2D eigenvalue weighted by Crippen LogP contribution is -2.50. The number of hydrogen-bond donors (Lipinski definition) is 1. The van der Waals surface area contributed by atoms with Crippen molar-refractivity contribution in [3.05, 3.63) is 0 Å². The Labute approximate surface area is 104 Å². The Morgan fingerprint density at radius 2 is 1.81 bits per heavy atom. The van der Waals surface area contributed by atoms with Crippen LogP contribution in [0.15, 0.2) is 0 Å². The van der Waals surface area contributed by atoms with E-state index in [1.54, 1.807) is 0 Å². The van der Waals surface area contributed by atoms with Gasteiger partial charge in [0.05, 0.1) is 0 Å². The number of rotatable bonds is 3. The molecule has 2 aliphatic rings. The van der Waals surface area contributed by atoms with Crippen LogP contribution in [0.5, 0.6) is 0 Å². The summed E-state index contributed by atoms with van der Waals surface area (Å²) >= 11 is 2.09. The van der Waals surface area contributed by atoms with Crippen molar-refractivity contribution in [1.82, 2.24) is 9.80 Å². The van der Waals surface area contributed by atoms with Crippen molar-refractivity contribution >= 4 is 11.8 Å². The third-order valence-electron chi connectivity index (χ3n) is 3.94. The van der Waals surface area contributed by atoms with Gasteiger partial charge in [-0.05, 0) is 37.3 Å². The Morgan fingerprint density at radius 3 is 2.44 bits per heavy atom. The van der Waals surface area contributed by atoms with Gasteiger partial charge in [0.1, 0.15) is 0 Å². The minimum Gasteiger partial charge on any atom is -0.326 e. The highest BCUT2D eigenvalue weighted by atomic mass is 32.2. The maximum Gasteiger partial charge on any atom is 0.0197 e. The summed E-state index contributed by atoms with van der Waals surface area (Å²) in [6.07, 6.45) is 2.67. The van der Waals surface area contributed by atoms with Crippen LogP contribution >= 0.6 is 11.8 Å². The van der Waals surface area contributed by atoms with Crippen molar-refractivity contribution in [3.63, 3.8) is 0 Å². The molecule has 4 heteroatoms. The van der Waals surface area contributed by atoms with Crippen molar-refractivity contribution in [2.75, 3.05) is 51.3 Å². The van der Waals surface area contributed by atoms with Gasteiger partial charge in [0, 0.05) is 38.8 Å². The first-order valence-electron chi connectivity index (χ1n) is 6.50. The normalized spacial score (nSPS) is 28.1. The van der Waals surface area contributed by atoms with Crippen LogP contribution in [0.2, 0.25) is 0 Å². The number of thioether (sulfide) groups is 1. The average Bonchev–Trinajstić information content (AvgIpc) is 2.33. The molecular formula is C12H25N3S. The maximum absolute atomic E-state index is 6.35. The van der Waals surface area contributed by atoms with E-state index in [9.17, 15) is 0 Å². The Morgan fingerprint density at radius 1 is 1.19 bits per heavy atom. The molecule has 94 valence electrons. The summed E-state index contributed by atoms with van der Waals surface area (Å²) < 4.78 is 0.